The van der Waals surface area contributed by atoms with Crippen LogP contribution < -0.4 is 5.32 Å². The fraction of sp³-hybridized carbons (Fsp3) is 0.692. The first-order chi connectivity index (χ1) is 8.70. The number of hydrogen-bond donors (Lipinski definition) is 1. The molecule has 18 heavy (non-hydrogen) atoms. The Morgan fingerprint density at radius 3 is 3.06 bits per heavy atom. The molecule has 0 aromatic carbocycles. The van der Waals surface area contributed by atoms with E-state index in [4.69, 9.17) is 0 Å². The largest absolute Gasteiger partial charge is 0.310 e. The van der Waals surface area contributed by atoms with Gasteiger partial charge >= 0.3 is 0 Å². The maximum Gasteiger partial charge on any atom is 0.186 e. The van der Waals surface area contributed by atoms with E-state index in [-0.39, 0.29) is 11.7 Å². The molecule has 2 bridgehead atoms. The molecular weight excluding hydrogens is 294 g/mol. The van der Waals surface area contributed by atoms with Gasteiger partial charge in [-0.2, -0.15) is 5.10 Å². The summed E-state index contributed by atoms with van der Waals surface area (Å²) in [6.45, 7) is 2.91. The summed E-state index contributed by atoms with van der Waals surface area (Å²) in [6, 6.07) is 0.949. The minimum atomic E-state index is 0.146. The number of aromatic nitrogens is 2. The molecule has 0 spiro atoms. The van der Waals surface area contributed by atoms with E-state index in [9.17, 15) is 4.79 Å². The predicted molar refractivity (Wildman–Crippen MR) is 72.6 cm³/mol. The Morgan fingerprint density at radius 1 is 1.61 bits per heavy atom. The van der Waals surface area contributed by atoms with Gasteiger partial charge in [-0.15, -0.1) is 0 Å². The standard InChI is InChI=1S/C13H18BrN3O/c1-2-5-17-12(10(14)7-15-17)13(18)9-6-8-3-4-11(9)16-8/h7-9,11,16H,2-6H2,1H3. The van der Waals surface area contributed by atoms with E-state index in [2.05, 4.69) is 33.3 Å². The number of hydrogen-bond acceptors (Lipinski definition) is 3. The Bertz CT molecular complexity index is 471. The molecule has 4 nitrogen and oxygen atoms in total. The van der Waals surface area contributed by atoms with Crippen LogP contribution in [0.25, 0.3) is 0 Å². The van der Waals surface area contributed by atoms with Gasteiger partial charge in [-0.3, -0.25) is 9.48 Å². The molecule has 1 N–H and O–H groups in total. The Morgan fingerprint density at radius 2 is 2.44 bits per heavy atom. The monoisotopic (exact) mass is 311 g/mol. The van der Waals surface area contributed by atoms with Crippen molar-refractivity contribution in [1.82, 2.24) is 15.1 Å². The van der Waals surface area contributed by atoms with Crippen molar-refractivity contribution >= 4 is 21.7 Å². The quantitative estimate of drug-likeness (QED) is 0.868. The van der Waals surface area contributed by atoms with Crippen LogP contribution in [0.4, 0.5) is 0 Å². The molecule has 0 saturated carbocycles. The van der Waals surface area contributed by atoms with E-state index in [1.165, 1.54) is 6.42 Å². The molecule has 2 aliphatic heterocycles. The molecule has 3 unspecified atom stereocenters. The minimum absolute atomic E-state index is 0.146. The number of nitrogens with zero attached hydrogens (tertiary/aromatic N) is 2. The van der Waals surface area contributed by atoms with Gasteiger partial charge in [0.2, 0.25) is 0 Å². The molecule has 0 radical (unpaired) electrons. The van der Waals surface area contributed by atoms with E-state index in [1.807, 2.05) is 4.68 Å². The van der Waals surface area contributed by atoms with Crippen LogP contribution in [0.1, 0.15) is 43.1 Å². The summed E-state index contributed by atoms with van der Waals surface area (Å²) in [6.07, 6.45) is 6.09. The van der Waals surface area contributed by atoms with Crippen molar-refractivity contribution in [1.29, 1.82) is 0 Å². The molecular formula is C13H18BrN3O. The second-order valence-corrected chi connectivity index (χ2v) is 6.17. The molecule has 1 aromatic rings. The highest BCUT2D eigenvalue weighted by Gasteiger charge is 2.44. The topological polar surface area (TPSA) is 46.9 Å². The number of carbonyl (C=O) groups is 1. The van der Waals surface area contributed by atoms with Crippen molar-refractivity contribution in [2.45, 2.75) is 51.2 Å². The third-order valence-electron chi connectivity index (χ3n) is 4.10. The number of carbonyl (C=O) groups excluding carboxylic acids is 1. The molecule has 0 amide bonds. The summed E-state index contributed by atoms with van der Waals surface area (Å²) in [4.78, 5) is 12.7. The van der Waals surface area contributed by atoms with Gasteiger partial charge in [0.25, 0.3) is 0 Å². The molecule has 2 saturated heterocycles. The summed E-state index contributed by atoms with van der Waals surface area (Å²) < 4.78 is 2.68. The van der Waals surface area contributed by atoms with Crippen LogP contribution in [0.2, 0.25) is 0 Å². The molecule has 5 heteroatoms. The van der Waals surface area contributed by atoms with E-state index in [1.54, 1.807) is 6.20 Å². The Kier molecular flexibility index (Phi) is 3.28. The van der Waals surface area contributed by atoms with Gasteiger partial charge in [0.15, 0.2) is 5.78 Å². The maximum atomic E-state index is 12.7. The lowest BCUT2D eigenvalue weighted by atomic mass is 9.85. The molecule has 98 valence electrons. The summed E-state index contributed by atoms with van der Waals surface area (Å²) >= 11 is 3.46. The lowest BCUT2D eigenvalue weighted by Crippen LogP contribution is -2.30. The van der Waals surface area contributed by atoms with Gasteiger partial charge in [-0.05, 0) is 41.6 Å². The first-order valence-corrected chi connectivity index (χ1v) is 7.51. The van der Waals surface area contributed by atoms with Crippen LogP contribution in [0.15, 0.2) is 10.7 Å². The van der Waals surface area contributed by atoms with Crippen LogP contribution in [-0.4, -0.2) is 27.6 Å². The van der Waals surface area contributed by atoms with Crippen LogP contribution in [-0.2, 0) is 6.54 Å². The van der Waals surface area contributed by atoms with Crippen molar-refractivity contribution in [2.24, 2.45) is 5.92 Å². The summed E-state index contributed by atoms with van der Waals surface area (Å²) in [5.74, 6) is 0.403. The number of aryl methyl sites for hydroxylation is 1. The van der Waals surface area contributed by atoms with Gasteiger partial charge in [-0.25, -0.2) is 0 Å². The summed E-state index contributed by atoms with van der Waals surface area (Å²) in [5.41, 5.74) is 0.760. The number of halogens is 1. The molecule has 3 heterocycles. The minimum Gasteiger partial charge on any atom is -0.310 e. The van der Waals surface area contributed by atoms with Crippen molar-refractivity contribution in [3.63, 3.8) is 0 Å². The Balaban J connectivity index is 1.86. The van der Waals surface area contributed by atoms with Gasteiger partial charge in [0.05, 0.1) is 10.7 Å². The van der Waals surface area contributed by atoms with E-state index in [0.29, 0.717) is 12.1 Å². The summed E-state index contributed by atoms with van der Waals surface area (Å²) in [7, 11) is 0. The highest BCUT2D eigenvalue weighted by Crippen LogP contribution is 2.36. The number of Topliss-reactive ketones (excluding diaryl/α,β-unsaturated/α-hetero) is 1. The molecule has 1 aromatic heterocycles. The zero-order chi connectivity index (χ0) is 12.7. The normalized spacial score (nSPS) is 30.0. The highest BCUT2D eigenvalue weighted by molar-refractivity contribution is 9.10. The SMILES string of the molecule is CCCn1ncc(Br)c1C(=O)C1CC2CCC1N2. The second kappa shape index (κ2) is 4.78. The van der Waals surface area contributed by atoms with Gasteiger partial charge in [0.1, 0.15) is 5.69 Å². The first-order valence-electron chi connectivity index (χ1n) is 6.72. The van der Waals surface area contributed by atoms with Crippen molar-refractivity contribution < 1.29 is 4.79 Å². The highest BCUT2D eigenvalue weighted by atomic mass is 79.9. The van der Waals surface area contributed by atoms with E-state index >= 15 is 0 Å². The average Bonchev–Trinajstić information content (AvgIpc) is 3.04. The lowest BCUT2D eigenvalue weighted by molar-refractivity contribution is 0.0888. The third-order valence-corrected chi connectivity index (χ3v) is 4.68. The molecule has 3 rings (SSSR count). The summed E-state index contributed by atoms with van der Waals surface area (Å²) in [5, 5.41) is 7.81. The predicted octanol–water partition coefficient (Wildman–Crippen LogP) is 2.38. The smallest absolute Gasteiger partial charge is 0.186 e. The first kappa shape index (κ1) is 12.4. The van der Waals surface area contributed by atoms with Crippen molar-refractivity contribution in [2.75, 3.05) is 0 Å². The average molecular weight is 312 g/mol. The second-order valence-electron chi connectivity index (χ2n) is 5.32. The molecule has 3 atom stereocenters. The number of ketones is 1. The van der Waals surface area contributed by atoms with Gasteiger partial charge in [0, 0.05) is 24.5 Å². The van der Waals surface area contributed by atoms with Crippen molar-refractivity contribution in [3.05, 3.63) is 16.4 Å². The lowest BCUT2D eigenvalue weighted by Gasteiger charge is -2.19. The van der Waals surface area contributed by atoms with Crippen LogP contribution in [0.5, 0.6) is 0 Å². The molecule has 0 aliphatic carbocycles. The molecule has 2 aliphatic rings. The number of nitrogens with one attached hydrogen (secondary N) is 1. The van der Waals surface area contributed by atoms with Gasteiger partial charge < -0.3 is 5.32 Å². The van der Waals surface area contributed by atoms with E-state index < -0.39 is 0 Å². The maximum absolute atomic E-state index is 12.7. The zero-order valence-electron chi connectivity index (χ0n) is 10.5. The fourth-order valence-corrected chi connectivity index (χ4v) is 3.77. The van der Waals surface area contributed by atoms with Crippen LogP contribution >= 0.6 is 15.9 Å². The molecule has 2 fully saturated rings. The number of fused-ring (bicyclic) bond motifs is 2. The third kappa shape index (κ3) is 1.93. The van der Waals surface area contributed by atoms with Crippen LogP contribution in [0.3, 0.4) is 0 Å². The number of rotatable bonds is 4. The fourth-order valence-electron chi connectivity index (χ4n) is 3.28. The van der Waals surface area contributed by atoms with Crippen molar-refractivity contribution in [3.8, 4) is 0 Å². The van der Waals surface area contributed by atoms with Crippen LogP contribution in [0, 0.1) is 5.92 Å². The zero-order valence-corrected chi connectivity index (χ0v) is 12.1. The van der Waals surface area contributed by atoms with Gasteiger partial charge in [-0.1, -0.05) is 6.92 Å². The Labute approximate surface area is 115 Å². The van der Waals surface area contributed by atoms with E-state index in [0.717, 1.165) is 36.0 Å². The Hall–Kier alpha value is -0.680.